The van der Waals surface area contributed by atoms with E-state index in [2.05, 4.69) is 0 Å². The number of rotatable bonds is 3. The first kappa shape index (κ1) is 17.6. The van der Waals surface area contributed by atoms with Gasteiger partial charge in [-0.05, 0) is 30.3 Å². The van der Waals surface area contributed by atoms with Crippen LogP contribution in [-0.4, -0.2) is 40.8 Å². The Morgan fingerprint density at radius 3 is 2.68 bits per heavy atom. The van der Waals surface area contributed by atoms with Crippen molar-refractivity contribution in [1.82, 2.24) is 0 Å². The zero-order chi connectivity index (χ0) is 18.2. The summed E-state index contributed by atoms with van der Waals surface area (Å²) in [4.78, 5) is 14.6. The molecule has 6 nitrogen and oxygen atoms in total. The minimum absolute atomic E-state index is 0.240. The number of nitrogens with zero attached hydrogens (tertiary/aromatic N) is 2. The fraction of sp³-hybridized carbons (Fsp3) is 0.235. The molecule has 0 N–H and O–H groups in total. The molecule has 0 aliphatic carbocycles. The van der Waals surface area contributed by atoms with E-state index in [1.165, 1.54) is 19.2 Å². The maximum atomic E-state index is 13.0. The van der Waals surface area contributed by atoms with Crippen molar-refractivity contribution in [3.8, 4) is 5.75 Å². The number of fused-ring (bicyclic) bond motifs is 1. The number of carbonyl (C=O) groups is 1. The molecule has 0 radical (unpaired) electrons. The number of hydrogen-bond donors (Lipinski definition) is 0. The summed E-state index contributed by atoms with van der Waals surface area (Å²) in [5, 5.41) is 0.256. The summed E-state index contributed by atoms with van der Waals surface area (Å²) < 4.78 is 30.2. The number of hydrogen-bond acceptors (Lipinski definition) is 4. The van der Waals surface area contributed by atoms with Crippen molar-refractivity contribution in [2.24, 2.45) is 0 Å². The summed E-state index contributed by atoms with van der Waals surface area (Å²) >= 11 is 6.12. The molecule has 0 saturated carbocycles. The molecule has 0 aromatic heterocycles. The monoisotopic (exact) mass is 380 g/mol. The van der Waals surface area contributed by atoms with Gasteiger partial charge in [-0.15, -0.1) is 0 Å². The van der Waals surface area contributed by atoms with E-state index < -0.39 is 10.0 Å². The van der Waals surface area contributed by atoms with E-state index in [1.807, 2.05) is 18.2 Å². The quantitative estimate of drug-likeness (QED) is 0.821. The van der Waals surface area contributed by atoms with E-state index in [9.17, 15) is 13.2 Å². The normalized spacial score (nSPS) is 13.8. The van der Waals surface area contributed by atoms with Gasteiger partial charge in [0.1, 0.15) is 12.4 Å². The van der Waals surface area contributed by atoms with Crippen LogP contribution in [-0.2, 0) is 10.0 Å². The largest absolute Gasteiger partial charge is 0.490 e. The second-order valence-corrected chi connectivity index (χ2v) is 8.09. The predicted molar refractivity (Wildman–Crippen MR) is 98.3 cm³/mol. The molecule has 1 heterocycles. The molecule has 0 unspecified atom stereocenters. The van der Waals surface area contributed by atoms with Crippen LogP contribution in [0.1, 0.15) is 10.4 Å². The summed E-state index contributed by atoms with van der Waals surface area (Å²) in [6.07, 6.45) is 1.08. The third kappa shape index (κ3) is 3.43. The van der Waals surface area contributed by atoms with E-state index in [-0.39, 0.29) is 16.6 Å². The van der Waals surface area contributed by atoms with Crippen molar-refractivity contribution in [3.05, 3.63) is 53.1 Å². The molecule has 0 fully saturated rings. The zero-order valence-electron chi connectivity index (χ0n) is 13.8. The number of benzene rings is 2. The van der Waals surface area contributed by atoms with Crippen LogP contribution < -0.4 is 13.9 Å². The smallest absolute Gasteiger partial charge is 0.258 e. The molecule has 8 heteroatoms. The number of ether oxygens (including phenoxy) is 1. The van der Waals surface area contributed by atoms with Gasteiger partial charge in [0.2, 0.25) is 10.0 Å². The SMILES string of the molecule is CN(c1cc(C(=O)N2CCOc3ccccc32)ccc1Cl)S(C)(=O)=O. The Morgan fingerprint density at radius 2 is 1.96 bits per heavy atom. The Bertz CT molecular complexity index is 930. The average Bonchev–Trinajstić information content (AvgIpc) is 2.59. The Hall–Kier alpha value is -2.25. The average molecular weight is 381 g/mol. The first-order valence-corrected chi connectivity index (χ1v) is 9.79. The third-order valence-corrected chi connectivity index (χ3v) is 5.51. The van der Waals surface area contributed by atoms with Crippen molar-refractivity contribution in [1.29, 1.82) is 0 Å². The molecule has 2 aromatic carbocycles. The van der Waals surface area contributed by atoms with Gasteiger partial charge in [0, 0.05) is 12.6 Å². The molecular weight excluding hydrogens is 364 g/mol. The molecule has 0 spiro atoms. The van der Waals surface area contributed by atoms with Gasteiger partial charge in [-0.3, -0.25) is 9.10 Å². The number of para-hydroxylation sites is 2. The highest BCUT2D eigenvalue weighted by Gasteiger charge is 2.25. The minimum atomic E-state index is -3.49. The van der Waals surface area contributed by atoms with E-state index in [0.717, 1.165) is 10.6 Å². The van der Waals surface area contributed by atoms with Crippen molar-refractivity contribution in [2.75, 3.05) is 35.7 Å². The highest BCUT2D eigenvalue weighted by Crippen LogP contribution is 2.33. The van der Waals surface area contributed by atoms with Crippen LogP contribution in [0.5, 0.6) is 5.75 Å². The van der Waals surface area contributed by atoms with Crippen LogP contribution in [0.2, 0.25) is 5.02 Å². The predicted octanol–water partition coefficient (Wildman–Crippen LogP) is 2.78. The van der Waals surface area contributed by atoms with E-state index >= 15 is 0 Å². The molecule has 0 atom stereocenters. The molecule has 1 aliphatic rings. The minimum Gasteiger partial charge on any atom is -0.490 e. The van der Waals surface area contributed by atoms with Crippen LogP contribution in [0.3, 0.4) is 0 Å². The molecule has 2 aromatic rings. The molecule has 1 amide bonds. The highest BCUT2D eigenvalue weighted by atomic mass is 35.5. The standard InChI is InChI=1S/C17H17ClN2O4S/c1-19(25(2,22)23)15-11-12(7-8-13(15)18)17(21)20-9-10-24-16-6-4-3-5-14(16)20/h3-8,11H,9-10H2,1-2H3. The maximum Gasteiger partial charge on any atom is 0.258 e. The molecule has 25 heavy (non-hydrogen) atoms. The second-order valence-electron chi connectivity index (χ2n) is 5.67. The van der Waals surface area contributed by atoms with Gasteiger partial charge in [0.05, 0.1) is 29.2 Å². The lowest BCUT2D eigenvalue weighted by atomic mass is 10.1. The topological polar surface area (TPSA) is 66.9 Å². The van der Waals surface area contributed by atoms with Crippen LogP contribution in [0, 0.1) is 0 Å². The lowest BCUT2D eigenvalue weighted by Crippen LogP contribution is -2.38. The van der Waals surface area contributed by atoms with Crippen molar-refractivity contribution in [3.63, 3.8) is 0 Å². The number of halogens is 1. The van der Waals surface area contributed by atoms with E-state index in [4.69, 9.17) is 16.3 Å². The van der Waals surface area contributed by atoms with Crippen LogP contribution in [0.4, 0.5) is 11.4 Å². The molecule has 132 valence electrons. The van der Waals surface area contributed by atoms with Gasteiger partial charge >= 0.3 is 0 Å². The summed E-state index contributed by atoms with van der Waals surface area (Å²) in [6.45, 7) is 0.808. The van der Waals surface area contributed by atoms with Gasteiger partial charge in [-0.25, -0.2) is 8.42 Å². The fourth-order valence-corrected chi connectivity index (χ4v) is 3.40. The highest BCUT2D eigenvalue weighted by molar-refractivity contribution is 7.92. The van der Waals surface area contributed by atoms with E-state index in [1.54, 1.807) is 17.0 Å². The first-order chi connectivity index (χ1) is 11.8. The lowest BCUT2D eigenvalue weighted by molar-refractivity contribution is 0.0976. The number of carbonyl (C=O) groups excluding carboxylic acids is 1. The maximum absolute atomic E-state index is 13.0. The Kier molecular flexibility index (Phi) is 4.62. The number of amides is 1. The lowest BCUT2D eigenvalue weighted by Gasteiger charge is -2.29. The van der Waals surface area contributed by atoms with Crippen LogP contribution in [0.15, 0.2) is 42.5 Å². The molecule has 0 bridgehead atoms. The van der Waals surface area contributed by atoms with Gasteiger partial charge in [0.25, 0.3) is 5.91 Å². The van der Waals surface area contributed by atoms with Crippen molar-refractivity contribution >= 4 is 38.9 Å². The molecule has 0 saturated heterocycles. The Labute approximate surface area is 151 Å². The van der Waals surface area contributed by atoms with Gasteiger partial charge in [-0.1, -0.05) is 23.7 Å². The Morgan fingerprint density at radius 1 is 1.24 bits per heavy atom. The second kappa shape index (κ2) is 6.57. The van der Waals surface area contributed by atoms with Crippen LogP contribution in [0.25, 0.3) is 0 Å². The Balaban J connectivity index is 2.00. The summed E-state index contributed by atoms with van der Waals surface area (Å²) in [7, 11) is -2.09. The molecule has 1 aliphatic heterocycles. The first-order valence-electron chi connectivity index (χ1n) is 7.56. The summed E-state index contributed by atoms with van der Waals surface area (Å²) in [5.41, 5.74) is 1.30. The molecule has 3 rings (SSSR count). The van der Waals surface area contributed by atoms with Crippen molar-refractivity contribution in [2.45, 2.75) is 0 Å². The van der Waals surface area contributed by atoms with E-state index in [0.29, 0.717) is 30.2 Å². The summed E-state index contributed by atoms with van der Waals surface area (Å²) in [5.74, 6) is 0.403. The van der Waals surface area contributed by atoms with Gasteiger partial charge in [0.15, 0.2) is 0 Å². The van der Waals surface area contributed by atoms with Gasteiger partial charge in [-0.2, -0.15) is 0 Å². The fourth-order valence-electron chi connectivity index (χ4n) is 2.60. The number of anilines is 2. The van der Waals surface area contributed by atoms with Gasteiger partial charge < -0.3 is 9.64 Å². The molecular formula is C17H17ClN2O4S. The van der Waals surface area contributed by atoms with Crippen molar-refractivity contribution < 1.29 is 17.9 Å². The van der Waals surface area contributed by atoms with Crippen LogP contribution >= 0.6 is 11.6 Å². The summed E-state index contributed by atoms with van der Waals surface area (Å²) in [6, 6.07) is 11.9. The number of sulfonamides is 1. The third-order valence-electron chi connectivity index (χ3n) is 4.00. The zero-order valence-corrected chi connectivity index (χ0v) is 15.3.